The van der Waals surface area contributed by atoms with Gasteiger partial charge in [0, 0.05) is 6.42 Å². The van der Waals surface area contributed by atoms with Crippen molar-refractivity contribution >= 4 is 30.9 Å². The van der Waals surface area contributed by atoms with Gasteiger partial charge in [0.2, 0.25) is 0 Å². The van der Waals surface area contributed by atoms with Gasteiger partial charge in [0.05, 0.1) is 18.3 Å². The van der Waals surface area contributed by atoms with E-state index < -0.39 is 8.32 Å². The summed E-state index contributed by atoms with van der Waals surface area (Å²) < 4.78 is 15.6. The van der Waals surface area contributed by atoms with Crippen molar-refractivity contribution < 1.29 is 9.16 Å². The van der Waals surface area contributed by atoms with E-state index in [2.05, 4.69) is 93.5 Å². The van der Waals surface area contributed by atoms with E-state index >= 15 is 0 Å². The van der Waals surface area contributed by atoms with Gasteiger partial charge in [0.1, 0.15) is 0 Å². The Bertz CT molecular complexity index is 679. The Balaban J connectivity index is 1.55. The zero-order valence-electron chi connectivity index (χ0n) is 20.7. The standard InChI is InChI=1S/C26H45IO2Si/c1-19(22-11-12-23-20(17-27)10-9-14-26(22,23)6)18-28-21-13-15-25(5,16-21)29-30(7,8)24(2,3)4/h13,15,17,19,21-23H,9-12,14,16,18H2,1-8H3/t19-,21+,22+,23?,25-,26-/m0/s1. The molecule has 172 valence electrons. The maximum absolute atomic E-state index is 6.76. The summed E-state index contributed by atoms with van der Waals surface area (Å²) in [5.74, 6) is 2.22. The second kappa shape index (κ2) is 8.94. The maximum atomic E-state index is 6.76. The van der Waals surface area contributed by atoms with Crippen LogP contribution in [0.4, 0.5) is 0 Å². The molecule has 0 aromatic heterocycles. The Morgan fingerprint density at radius 3 is 2.60 bits per heavy atom. The molecule has 0 bridgehead atoms. The lowest BCUT2D eigenvalue weighted by molar-refractivity contribution is -0.00554. The average Bonchev–Trinajstić information content (AvgIpc) is 3.17. The Hall–Kier alpha value is 0.347. The molecule has 30 heavy (non-hydrogen) atoms. The molecule has 3 rings (SSSR count). The molecule has 6 atom stereocenters. The summed E-state index contributed by atoms with van der Waals surface area (Å²) in [6.45, 7) is 19.8. The van der Waals surface area contributed by atoms with Gasteiger partial charge in [-0.3, -0.25) is 0 Å². The Morgan fingerprint density at radius 1 is 1.27 bits per heavy atom. The molecule has 0 radical (unpaired) electrons. The van der Waals surface area contributed by atoms with Gasteiger partial charge >= 0.3 is 0 Å². The molecule has 0 heterocycles. The molecule has 2 nitrogen and oxygen atoms in total. The average molecular weight is 545 g/mol. The quantitative estimate of drug-likeness (QED) is 0.190. The molecule has 0 amide bonds. The van der Waals surface area contributed by atoms with Crippen molar-refractivity contribution in [3.8, 4) is 0 Å². The highest BCUT2D eigenvalue weighted by atomic mass is 127. The van der Waals surface area contributed by atoms with Crippen molar-refractivity contribution in [2.75, 3.05) is 6.61 Å². The largest absolute Gasteiger partial charge is 0.408 e. The summed E-state index contributed by atoms with van der Waals surface area (Å²) in [5, 5.41) is 0.233. The van der Waals surface area contributed by atoms with Crippen LogP contribution in [0.3, 0.4) is 0 Å². The van der Waals surface area contributed by atoms with Crippen molar-refractivity contribution in [3.63, 3.8) is 0 Å². The van der Waals surface area contributed by atoms with E-state index in [0.717, 1.165) is 24.9 Å². The van der Waals surface area contributed by atoms with E-state index in [9.17, 15) is 0 Å². The molecule has 0 saturated heterocycles. The molecule has 0 N–H and O–H groups in total. The van der Waals surface area contributed by atoms with Crippen LogP contribution in [0.1, 0.15) is 80.1 Å². The van der Waals surface area contributed by atoms with Crippen LogP contribution in [0, 0.1) is 23.2 Å². The first-order valence-corrected chi connectivity index (χ1v) is 16.3. The minimum Gasteiger partial charge on any atom is -0.408 e. The molecule has 2 saturated carbocycles. The number of hydrogen-bond acceptors (Lipinski definition) is 2. The molecule has 1 unspecified atom stereocenters. The summed E-state index contributed by atoms with van der Waals surface area (Å²) in [6.07, 6.45) is 12.5. The van der Waals surface area contributed by atoms with Crippen LogP contribution in [0.5, 0.6) is 0 Å². The maximum Gasteiger partial charge on any atom is 0.193 e. The predicted octanol–water partition coefficient (Wildman–Crippen LogP) is 8.28. The number of hydrogen-bond donors (Lipinski definition) is 0. The fraction of sp³-hybridized carbons (Fsp3) is 0.846. The third-order valence-electron chi connectivity index (χ3n) is 9.00. The molecular formula is C26H45IO2Si. The van der Waals surface area contributed by atoms with E-state index in [-0.39, 0.29) is 16.7 Å². The van der Waals surface area contributed by atoms with Crippen LogP contribution in [0.2, 0.25) is 18.1 Å². The normalized spacial score (nSPS) is 39.5. The first kappa shape index (κ1) is 25.0. The predicted molar refractivity (Wildman–Crippen MR) is 140 cm³/mol. The topological polar surface area (TPSA) is 18.5 Å². The first-order valence-electron chi connectivity index (χ1n) is 12.1. The van der Waals surface area contributed by atoms with Gasteiger partial charge in [0.15, 0.2) is 8.32 Å². The van der Waals surface area contributed by atoms with Crippen LogP contribution in [-0.4, -0.2) is 26.6 Å². The second-order valence-electron chi connectivity index (χ2n) is 12.4. The summed E-state index contributed by atoms with van der Waals surface area (Å²) >= 11 is 2.47. The monoisotopic (exact) mass is 544 g/mol. The molecule has 0 aromatic rings. The van der Waals surface area contributed by atoms with Gasteiger partial charge in [0.25, 0.3) is 0 Å². The summed E-state index contributed by atoms with van der Waals surface area (Å²) in [7, 11) is -1.79. The van der Waals surface area contributed by atoms with E-state index in [4.69, 9.17) is 9.16 Å². The van der Waals surface area contributed by atoms with Crippen LogP contribution in [-0.2, 0) is 9.16 Å². The van der Waals surface area contributed by atoms with Gasteiger partial charge in [-0.25, -0.2) is 0 Å². The lowest BCUT2D eigenvalue weighted by atomic mass is 9.61. The minimum atomic E-state index is -1.79. The number of rotatable bonds is 6. The van der Waals surface area contributed by atoms with Gasteiger partial charge < -0.3 is 9.16 Å². The summed E-state index contributed by atoms with van der Waals surface area (Å²) in [4.78, 5) is 0. The number of ether oxygens (including phenoxy) is 1. The van der Waals surface area contributed by atoms with Crippen molar-refractivity contribution in [3.05, 3.63) is 21.8 Å². The fourth-order valence-electron chi connectivity index (χ4n) is 6.31. The number of allylic oxidation sites excluding steroid dienone is 1. The lowest BCUT2D eigenvalue weighted by Crippen LogP contribution is -2.47. The SMILES string of the molecule is C[C@@H](CO[C@@H]1C=C[C@](C)(O[Si](C)(C)C(C)(C)C)C1)[C@H]1CCC2C(=CI)CCC[C@]21C. The van der Waals surface area contributed by atoms with Gasteiger partial charge in [-0.05, 0) is 84.4 Å². The van der Waals surface area contributed by atoms with E-state index in [0.29, 0.717) is 11.3 Å². The first-order chi connectivity index (χ1) is 13.8. The van der Waals surface area contributed by atoms with Gasteiger partial charge in [-0.2, -0.15) is 0 Å². The third-order valence-corrected chi connectivity index (χ3v) is 14.4. The highest BCUT2D eigenvalue weighted by molar-refractivity contribution is 14.1. The number of fused-ring (bicyclic) bond motifs is 1. The smallest absolute Gasteiger partial charge is 0.193 e. The zero-order valence-corrected chi connectivity index (χ0v) is 23.8. The van der Waals surface area contributed by atoms with Crippen molar-refractivity contribution in [1.82, 2.24) is 0 Å². The molecule has 4 heteroatoms. The van der Waals surface area contributed by atoms with Gasteiger partial charge in [-0.15, -0.1) is 0 Å². The highest BCUT2D eigenvalue weighted by Crippen LogP contribution is 2.59. The van der Waals surface area contributed by atoms with Crippen LogP contribution in [0.25, 0.3) is 0 Å². The van der Waals surface area contributed by atoms with Crippen molar-refractivity contribution in [1.29, 1.82) is 0 Å². The molecule has 0 aromatic carbocycles. The fourth-order valence-corrected chi connectivity index (χ4v) is 8.68. The molecule has 3 aliphatic rings. The van der Waals surface area contributed by atoms with Crippen LogP contribution in [0.15, 0.2) is 21.8 Å². The third kappa shape index (κ3) is 4.96. The molecule has 3 aliphatic carbocycles. The zero-order chi connectivity index (χ0) is 22.4. The number of halogens is 1. The Morgan fingerprint density at radius 2 is 1.97 bits per heavy atom. The molecule has 2 fully saturated rings. The summed E-state index contributed by atoms with van der Waals surface area (Å²) in [5.41, 5.74) is 2.02. The lowest BCUT2D eigenvalue weighted by Gasteiger charge is -2.44. The molecule has 0 spiro atoms. The summed E-state index contributed by atoms with van der Waals surface area (Å²) in [6, 6.07) is 0. The minimum absolute atomic E-state index is 0.176. The van der Waals surface area contributed by atoms with Crippen LogP contribution < -0.4 is 0 Å². The van der Waals surface area contributed by atoms with Gasteiger partial charge in [-0.1, -0.05) is 74.9 Å². The molecular weight excluding hydrogens is 499 g/mol. The van der Waals surface area contributed by atoms with E-state index in [1.807, 2.05) is 0 Å². The second-order valence-corrected chi connectivity index (χ2v) is 17.7. The Kier molecular flexibility index (Phi) is 7.45. The van der Waals surface area contributed by atoms with Crippen LogP contribution >= 0.6 is 22.6 Å². The highest BCUT2D eigenvalue weighted by Gasteiger charge is 2.51. The van der Waals surface area contributed by atoms with E-state index in [1.165, 1.54) is 32.1 Å². The Labute approximate surface area is 200 Å². The van der Waals surface area contributed by atoms with E-state index in [1.54, 1.807) is 5.57 Å². The molecule has 0 aliphatic heterocycles. The van der Waals surface area contributed by atoms with Crippen molar-refractivity contribution in [2.24, 2.45) is 23.2 Å². The van der Waals surface area contributed by atoms with Crippen molar-refractivity contribution in [2.45, 2.75) is 110 Å².